The van der Waals surface area contributed by atoms with Crippen LogP contribution in [0.2, 0.25) is 5.02 Å². The third-order valence-corrected chi connectivity index (χ3v) is 5.85. The minimum absolute atomic E-state index is 0.353. The normalized spacial score (nSPS) is 13.0. The molecule has 1 N–H and O–H groups in total. The van der Waals surface area contributed by atoms with Gasteiger partial charge in [-0.15, -0.1) is 11.3 Å². The smallest absolute Gasteiger partial charge is 0.344 e. The number of carbonyl (C=O) groups is 2. The van der Waals surface area contributed by atoms with Crippen molar-refractivity contribution in [3.05, 3.63) is 45.3 Å². The second-order valence-electron chi connectivity index (χ2n) is 6.31. The highest BCUT2D eigenvalue weighted by Crippen LogP contribution is 2.36. The minimum atomic E-state index is -0.683. The lowest BCUT2D eigenvalue weighted by Gasteiger charge is -2.08. The summed E-state index contributed by atoms with van der Waals surface area (Å²) in [4.78, 5) is 25.1. The van der Waals surface area contributed by atoms with E-state index >= 15 is 0 Å². The number of nitrogens with zero attached hydrogens (tertiary/aromatic N) is 1. The number of hydrogen-bond donors (Lipinski definition) is 1. The Bertz CT molecular complexity index is 919. The Labute approximate surface area is 172 Å². The van der Waals surface area contributed by atoms with Gasteiger partial charge in [0, 0.05) is 4.88 Å². The fraction of sp³-hybridized carbons (Fsp3) is 0.350. The van der Waals surface area contributed by atoms with Gasteiger partial charge in [-0.3, -0.25) is 4.79 Å². The van der Waals surface area contributed by atoms with E-state index in [1.54, 1.807) is 24.3 Å². The molecule has 28 heavy (non-hydrogen) atoms. The average molecular weight is 419 g/mol. The molecule has 0 fully saturated rings. The number of rotatable bonds is 6. The Kier molecular flexibility index (Phi) is 6.90. The van der Waals surface area contributed by atoms with E-state index in [1.165, 1.54) is 11.3 Å². The van der Waals surface area contributed by atoms with Crippen LogP contribution in [0.4, 0.5) is 5.00 Å². The molecule has 1 aromatic carbocycles. The lowest BCUT2D eigenvalue weighted by molar-refractivity contribution is -0.149. The van der Waals surface area contributed by atoms with Crippen LogP contribution in [-0.2, 0) is 27.2 Å². The van der Waals surface area contributed by atoms with Crippen molar-refractivity contribution >= 4 is 39.8 Å². The van der Waals surface area contributed by atoms with Gasteiger partial charge in [0.1, 0.15) is 16.8 Å². The van der Waals surface area contributed by atoms with Crippen molar-refractivity contribution in [1.82, 2.24) is 0 Å². The van der Waals surface area contributed by atoms with E-state index < -0.39 is 18.5 Å². The number of anilines is 1. The number of halogens is 1. The molecule has 6 nitrogen and oxygen atoms in total. The molecule has 0 unspecified atom stereocenters. The zero-order valence-electron chi connectivity index (χ0n) is 15.1. The lowest BCUT2D eigenvalue weighted by atomic mass is 10.1. The molecule has 0 bridgehead atoms. The summed E-state index contributed by atoms with van der Waals surface area (Å²) in [7, 11) is 0. The van der Waals surface area contributed by atoms with Crippen LogP contribution in [0.15, 0.2) is 24.3 Å². The maximum absolute atomic E-state index is 12.1. The SMILES string of the molecule is N#Cc1c(NC(=O)COC(=O)COc2ccccc2Cl)sc2c1CCCCC2. The molecule has 0 saturated carbocycles. The predicted molar refractivity (Wildman–Crippen MR) is 107 cm³/mol. The van der Waals surface area contributed by atoms with Crippen molar-refractivity contribution in [3.63, 3.8) is 0 Å². The monoisotopic (exact) mass is 418 g/mol. The topological polar surface area (TPSA) is 88.4 Å². The number of fused-ring (bicyclic) bond motifs is 1. The number of thiophene rings is 1. The molecule has 3 rings (SSSR count). The van der Waals surface area contributed by atoms with Gasteiger partial charge in [0.2, 0.25) is 0 Å². The van der Waals surface area contributed by atoms with Crippen molar-refractivity contribution in [3.8, 4) is 11.8 Å². The maximum Gasteiger partial charge on any atom is 0.344 e. The Balaban J connectivity index is 1.51. The van der Waals surface area contributed by atoms with Crippen molar-refractivity contribution in [2.45, 2.75) is 32.1 Å². The summed E-state index contributed by atoms with van der Waals surface area (Å²) in [5.41, 5.74) is 1.58. The van der Waals surface area contributed by atoms with Gasteiger partial charge in [-0.05, 0) is 43.4 Å². The summed E-state index contributed by atoms with van der Waals surface area (Å²) >= 11 is 7.38. The summed E-state index contributed by atoms with van der Waals surface area (Å²) in [6.07, 6.45) is 5.09. The van der Waals surface area contributed by atoms with Gasteiger partial charge in [0.05, 0.1) is 10.6 Å². The van der Waals surface area contributed by atoms with Crippen LogP contribution in [0.1, 0.15) is 35.3 Å². The third kappa shape index (κ3) is 5.03. The Morgan fingerprint density at radius 2 is 1.96 bits per heavy atom. The standard InChI is InChI=1S/C20H19ClN2O4S/c21-15-7-4-5-8-16(15)26-12-19(25)27-11-18(24)23-20-14(10-22)13-6-2-1-3-9-17(13)28-20/h4-5,7-8H,1-3,6,9,11-12H2,(H,23,24). The number of nitriles is 1. The molecular weight excluding hydrogens is 400 g/mol. The number of esters is 1. The van der Waals surface area contributed by atoms with E-state index in [2.05, 4.69) is 11.4 Å². The summed E-state index contributed by atoms with van der Waals surface area (Å²) in [5, 5.41) is 13.1. The molecule has 1 heterocycles. The minimum Gasteiger partial charge on any atom is -0.480 e. The Morgan fingerprint density at radius 3 is 2.75 bits per heavy atom. The van der Waals surface area contributed by atoms with E-state index in [4.69, 9.17) is 21.1 Å². The predicted octanol–water partition coefficient (Wildman–Crippen LogP) is 4.10. The maximum atomic E-state index is 12.1. The fourth-order valence-electron chi connectivity index (χ4n) is 3.00. The molecule has 8 heteroatoms. The molecule has 0 atom stereocenters. The van der Waals surface area contributed by atoms with Gasteiger partial charge in [0.25, 0.3) is 5.91 Å². The molecule has 1 amide bonds. The highest BCUT2D eigenvalue weighted by Gasteiger charge is 2.21. The molecule has 1 aromatic heterocycles. The molecule has 146 valence electrons. The first-order valence-electron chi connectivity index (χ1n) is 8.96. The van der Waals surface area contributed by atoms with Gasteiger partial charge >= 0.3 is 5.97 Å². The van der Waals surface area contributed by atoms with Crippen LogP contribution < -0.4 is 10.1 Å². The van der Waals surface area contributed by atoms with E-state index in [1.807, 2.05) is 0 Å². The van der Waals surface area contributed by atoms with Crippen LogP contribution in [-0.4, -0.2) is 25.1 Å². The quantitative estimate of drug-likeness (QED) is 0.563. The molecule has 2 aromatic rings. The molecule has 0 radical (unpaired) electrons. The van der Waals surface area contributed by atoms with Gasteiger partial charge in [0.15, 0.2) is 13.2 Å². The van der Waals surface area contributed by atoms with Crippen LogP contribution in [0.5, 0.6) is 5.75 Å². The molecule has 1 aliphatic rings. The van der Waals surface area contributed by atoms with Crippen molar-refractivity contribution < 1.29 is 19.1 Å². The lowest BCUT2D eigenvalue weighted by Crippen LogP contribution is -2.23. The van der Waals surface area contributed by atoms with E-state index in [9.17, 15) is 14.9 Å². The van der Waals surface area contributed by atoms with Crippen molar-refractivity contribution in [1.29, 1.82) is 5.26 Å². The number of benzene rings is 1. The first-order chi connectivity index (χ1) is 13.6. The summed E-state index contributed by atoms with van der Waals surface area (Å²) in [5.74, 6) is -0.805. The summed E-state index contributed by atoms with van der Waals surface area (Å²) < 4.78 is 10.2. The van der Waals surface area contributed by atoms with Crippen molar-refractivity contribution in [2.75, 3.05) is 18.5 Å². The van der Waals surface area contributed by atoms with E-state index in [0.29, 0.717) is 21.3 Å². The van der Waals surface area contributed by atoms with Gasteiger partial charge in [-0.2, -0.15) is 5.26 Å². The third-order valence-electron chi connectivity index (χ3n) is 4.33. The Morgan fingerprint density at radius 1 is 1.18 bits per heavy atom. The molecule has 0 spiro atoms. The van der Waals surface area contributed by atoms with Crippen LogP contribution in [0.25, 0.3) is 0 Å². The molecule has 0 aliphatic heterocycles. The summed E-state index contributed by atoms with van der Waals surface area (Å²) in [6.45, 7) is -0.800. The fourth-order valence-corrected chi connectivity index (χ4v) is 4.44. The van der Waals surface area contributed by atoms with Crippen LogP contribution >= 0.6 is 22.9 Å². The zero-order chi connectivity index (χ0) is 19.9. The molecule has 1 aliphatic carbocycles. The number of hydrogen-bond acceptors (Lipinski definition) is 6. The van der Waals surface area contributed by atoms with E-state index in [-0.39, 0.29) is 6.61 Å². The summed E-state index contributed by atoms with van der Waals surface area (Å²) in [6, 6.07) is 8.96. The number of aryl methyl sites for hydroxylation is 1. The van der Waals surface area contributed by atoms with E-state index in [0.717, 1.165) is 42.5 Å². The second kappa shape index (κ2) is 9.58. The van der Waals surface area contributed by atoms with Gasteiger partial charge in [-0.1, -0.05) is 30.2 Å². The van der Waals surface area contributed by atoms with Crippen LogP contribution in [0.3, 0.4) is 0 Å². The largest absolute Gasteiger partial charge is 0.480 e. The average Bonchev–Trinajstić information content (AvgIpc) is 2.85. The van der Waals surface area contributed by atoms with Gasteiger partial charge < -0.3 is 14.8 Å². The molecular formula is C20H19ClN2O4S. The highest BCUT2D eigenvalue weighted by molar-refractivity contribution is 7.16. The Hall–Kier alpha value is -2.56. The number of ether oxygens (including phenoxy) is 2. The molecule has 0 saturated heterocycles. The highest BCUT2D eigenvalue weighted by atomic mass is 35.5. The second-order valence-corrected chi connectivity index (χ2v) is 7.82. The number of para-hydroxylation sites is 1. The van der Waals surface area contributed by atoms with Crippen LogP contribution in [0, 0.1) is 11.3 Å². The van der Waals surface area contributed by atoms with Gasteiger partial charge in [-0.25, -0.2) is 4.79 Å². The number of amides is 1. The first-order valence-corrected chi connectivity index (χ1v) is 10.2. The van der Waals surface area contributed by atoms with Crippen molar-refractivity contribution in [2.24, 2.45) is 0 Å². The first kappa shape index (κ1) is 20.2. The zero-order valence-corrected chi connectivity index (χ0v) is 16.7. The number of carbonyl (C=O) groups excluding carboxylic acids is 2. The number of nitrogens with one attached hydrogen (secondary N) is 1.